The number of benzene rings is 1. The SMILES string of the molecule is c1ccc2c(CC3CCN(Cc4cnc[nH]4)C3)ccnc2c1. The maximum Gasteiger partial charge on any atom is 0.0922 e. The smallest absolute Gasteiger partial charge is 0.0922 e. The van der Waals surface area contributed by atoms with Crippen LogP contribution in [0.1, 0.15) is 17.7 Å². The minimum atomic E-state index is 0.730. The molecule has 0 bridgehead atoms. The molecule has 1 aromatic carbocycles. The molecule has 3 heterocycles. The van der Waals surface area contributed by atoms with Gasteiger partial charge in [0.1, 0.15) is 0 Å². The minimum absolute atomic E-state index is 0.730. The van der Waals surface area contributed by atoms with Gasteiger partial charge in [-0.1, -0.05) is 18.2 Å². The monoisotopic (exact) mass is 292 g/mol. The number of H-pyrrole nitrogens is 1. The first-order chi connectivity index (χ1) is 10.9. The highest BCUT2D eigenvalue weighted by atomic mass is 15.2. The second-order valence-electron chi connectivity index (χ2n) is 6.16. The van der Waals surface area contributed by atoms with E-state index in [1.165, 1.54) is 29.6 Å². The number of rotatable bonds is 4. The molecule has 3 aromatic rings. The summed E-state index contributed by atoms with van der Waals surface area (Å²) < 4.78 is 0. The van der Waals surface area contributed by atoms with E-state index in [2.05, 4.69) is 50.2 Å². The van der Waals surface area contributed by atoms with Crippen LogP contribution in [0, 0.1) is 5.92 Å². The first-order valence-electron chi connectivity index (χ1n) is 7.91. The van der Waals surface area contributed by atoms with E-state index in [1.54, 1.807) is 6.33 Å². The molecule has 112 valence electrons. The van der Waals surface area contributed by atoms with Gasteiger partial charge in [-0.2, -0.15) is 0 Å². The molecule has 0 saturated carbocycles. The second-order valence-corrected chi connectivity index (χ2v) is 6.16. The molecule has 22 heavy (non-hydrogen) atoms. The predicted octanol–water partition coefficient (Wildman–Crippen LogP) is 3.02. The highest BCUT2D eigenvalue weighted by molar-refractivity contribution is 5.81. The summed E-state index contributed by atoms with van der Waals surface area (Å²) in [5, 5.41) is 1.30. The molecule has 4 nitrogen and oxygen atoms in total. The van der Waals surface area contributed by atoms with Crippen molar-refractivity contribution in [3.63, 3.8) is 0 Å². The fourth-order valence-electron chi connectivity index (χ4n) is 3.48. The molecule has 1 aliphatic rings. The third-order valence-corrected chi connectivity index (χ3v) is 4.57. The van der Waals surface area contributed by atoms with Crippen molar-refractivity contribution in [1.82, 2.24) is 19.9 Å². The lowest BCUT2D eigenvalue weighted by molar-refractivity contribution is 0.313. The first-order valence-corrected chi connectivity index (χ1v) is 7.91. The molecule has 0 amide bonds. The Hall–Kier alpha value is -2.20. The van der Waals surface area contributed by atoms with Gasteiger partial charge in [0.2, 0.25) is 0 Å². The van der Waals surface area contributed by atoms with Crippen LogP contribution in [-0.4, -0.2) is 32.9 Å². The number of nitrogens with zero attached hydrogens (tertiary/aromatic N) is 3. The molecular formula is C18H20N4. The molecule has 1 atom stereocenters. The Morgan fingerprint density at radius 2 is 2.18 bits per heavy atom. The Kier molecular flexibility index (Phi) is 3.60. The van der Waals surface area contributed by atoms with Crippen LogP contribution in [0.4, 0.5) is 0 Å². The van der Waals surface area contributed by atoms with Crippen LogP contribution in [0.5, 0.6) is 0 Å². The van der Waals surface area contributed by atoms with E-state index in [9.17, 15) is 0 Å². The summed E-state index contributed by atoms with van der Waals surface area (Å²) in [6.07, 6.45) is 8.03. The predicted molar refractivity (Wildman–Crippen MR) is 87.4 cm³/mol. The number of hydrogen-bond acceptors (Lipinski definition) is 3. The largest absolute Gasteiger partial charge is 0.347 e. The van der Waals surface area contributed by atoms with E-state index in [0.717, 1.165) is 30.9 Å². The summed E-state index contributed by atoms with van der Waals surface area (Å²) in [5.74, 6) is 0.730. The summed E-state index contributed by atoms with van der Waals surface area (Å²) in [6, 6.07) is 10.6. The zero-order valence-corrected chi connectivity index (χ0v) is 12.6. The number of imidazole rings is 1. The summed E-state index contributed by atoms with van der Waals surface area (Å²) in [6.45, 7) is 3.32. The summed E-state index contributed by atoms with van der Waals surface area (Å²) >= 11 is 0. The summed E-state index contributed by atoms with van der Waals surface area (Å²) in [7, 11) is 0. The lowest BCUT2D eigenvalue weighted by Crippen LogP contribution is -2.20. The van der Waals surface area contributed by atoms with Gasteiger partial charge in [-0.05, 0) is 43.0 Å². The molecular weight excluding hydrogens is 272 g/mol. The lowest BCUT2D eigenvalue weighted by atomic mass is 9.96. The van der Waals surface area contributed by atoms with Crippen molar-refractivity contribution < 1.29 is 0 Å². The van der Waals surface area contributed by atoms with Gasteiger partial charge in [-0.3, -0.25) is 9.88 Å². The maximum atomic E-state index is 4.46. The van der Waals surface area contributed by atoms with Crippen molar-refractivity contribution in [3.8, 4) is 0 Å². The van der Waals surface area contributed by atoms with Crippen LogP contribution in [0.15, 0.2) is 49.1 Å². The van der Waals surface area contributed by atoms with Crippen molar-refractivity contribution in [1.29, 1.82) is 0 Å². The van der Waals surface area contributed by atoms with Crippen molar-refractivity contribution in [3.05, 3.63) is 60.3 Å². The van der Waals surface area contributed by atoms with Crippen LogP contribution in [0.25, 0.3) is 10.9 Å². The molecule has 2 aromatic heterocycles. The van der Waals surface area contributed by atoms with Crippen LogP contribution in [0.2, 0.25) is 0 Å². The normalized spacial score (nSPS) is 19.0. The molecule has 0 spiro atoms. The number of pyridine rings is 1. The van der Waals surface area contributed by atoms with Crippen molar-refractivity contribution in [2.45, 2.75) is 19.4 Å². The second kappa shape index (κ2) is 5.89. The van der Waals surface area contributed by atoms with Gasteiger partial charge in [0, 0.05) is 36.6 Å². The van der Waals surface area contributed by atoms with Gasteiger partial charge < -0.3 is 4.98 Å². The summed E-state index contributed by atoms with van der Waals surface area (Å²) in [4.78, 5) is 14.3. The average Bonchev–Trinajstić information content (AvgIpc) is 3.20. The van der Waals surface area contributed by atoms with Gasteiger partial charge >= 0.3 is 0 Å². The number of fused-ring (bicyclic) bond motifs is 1. The highest BCUT2D eigenvalue weighted by Crippen LogP contribution is 2.25. The Morgan fingerprint density at radius 3 is 3.09 bits per heavy atom. The molecule has 1 N–H and O–H groups in total. The van der Waals surface area contributed by atoms with Crippen molar-refractivity contribution >= 4 is 10.9 Å². The van der Waals surface area contributed by atoms with Gasteiger partial charge in [0.25, 0.3) is 0 Å². The molecule has 1 saturated heterocycles. The van der Waals surface area contributed by atoms with Gasteiger partial charge in [0.15, 0.2) is 0 Å². The first kappa shape index (κ1) is 13.5. The van der Waals surface area contributed by atoms with E-state index >= 15 is 0 Å². The molecule has 4 heteroatoms. The van der Waals surface area contributed by atoms with Crippen molar-refractivity contribution in [2.75, 3.05) is 13.1 Å². The Bertz CT molecular complexity index is 745. The lowest BCUT2D eigenvalue weighted by Gasteiger charge is -2.15. The molecule has 1 unspecified atom stereocenters. The topological polar surface area (TPSA) is 44.8 Å². The minimum Gasteiger partial charge on any atom is -0.347 e. The van der Waals surface area contributed by atoms with Crippen LogP contribution < -0.4 is 0 Å². The van der Waals surface area contributed by atoms with Crippen LogP contribution in [-0.2, 0) is 13.0 Å². The molecule has 0 aliphatic carbocycles. The number of aromatic nitrogens is 3. The quantitative estimate of drug-likeness (QED) is 0.804. The zero-order chi connectivity index (χ0) is 14.8. The molecule has 1 aliphatic heterocycles. The third kappa shape index (κ3) is 2.74. The van der Waals surface area contributed by atoms with Gasteiger partial charge in [0.05, 0.1) is 11.8 Å². The zero-order valence-electron chi connectivity index (χ0n) is 12.6. The maximum absolute atomic E-state index is 4.46. The van der Waals surface area contributed by atoms with E-state index < -0.39 is 0 Å². The standard InChI is InChI=1S/C18H20N4/c1-2-4-18-17(3-1)15(5-7-20-18)9-14-6-8-22(11-14)12-16-10-19-13-21-16/h1-5,7,10,13-14H,6,8-9,11-12H2,(H,19,21). The highest BCUT2D eigenvalue weighted by Gasteiger charge is 2.23. The number of hydrogen-bond donors (Lipinski definition) is 1. The van der Waals surface area contributed by atoms with Crippen LogP contribution in [0.3, 0.4) is 0 Å². The summed E-state index contributed by atoms with van der Waals surface area (Å²) in [5.41, 5.74) is 3.74. The fourth-order valence-corrected chi connectivity index (χ4v) is 3.48. The molecule has 4 rings (SSSR count). The van der Waals surface area contributed by atoms with E-state index in [0.29, 0.717) is 0 Å². The molecule has 0 radical (unpaired) electrons. The van der Waals surface area contributed by atoms with Crippen LogP contribution >= 0.6 is 0 Å². The number of likely N-dealkylation sites (tertiary alicyclic amines) is 1. The third-order valence-electron chi connectivity index (χ3n) is 4.57. The van der Waals surface area contributed by atoms with Crippen molar-refractivity contribution in [2.24, 2.45) is 5.92 Å². The van der Waals surface area contributed by atoms with E-state index in [-0.39, 0.29) is 0 Å². The van der Waals surface area contributed by atoms with Gasteiger partial charge in [-0.15, -0.1) is 0 Å². The number of para-hydroxylation sites is 1. The average molecular weight is 292 g/mol. The Balaban J connectivity index is 1.45. The molecule has 1 fully saturated rings. The number of aromatic amines is 1. The Morgan fingerprint density at radius 1 is 1.23 bits per heavy atom. The fraction of sp³-hybridized carbons (Fsp3) is 0.333. The Labute approximate surface area is 130 Å². The number of nitrogens with one attached hydrogen (secondary N) is 1. The van der Waals surface area contributed by atoms with E-state index in [4.69, 9.17) is 0 Å². The van der Waals surface area contributed by atoms with Gasteiger partial charge in [-0.25, -0.2) is 4.98 Å². The van der Waals surface area contributed by atoms with E-state index in [1.807, 2.05) is 12.4 Å².